The summed E-state index contributed by atoms with van der Waals surface area (Å²) in [4.78, 5) is 48.6. The zero-order valence-electron chi connectivity index (χ0n) is 22.2. The first kappa shape index (κ1) is 27.8. The molecule has 0 bridgehead atoms. The Morgan fingerprint density at radius 2 is 1.75 bits per heavy atom. The fraction of sp³-hybridized carbons (Fsp3) is 0.379. The standard InChI is InChI=1S/C29H33N5O5S/c35-18-17-32-13-15-33(16-14-32)27(37)23-10-8-22(9-11-23)24-20-40-28(30-24)31-26(36)25-7-4-12-34(25)29(38)39-19-21-5-2-1-3-6-21/h1-3,5-6,8-11,20,25,35H,4,7,12-19H2,(H,30,31,36)/t25-/m1/s1. The van der Waals surface area contributed by atoms with E-state index in [4.69, 9.17) is 9.84 Å². The molecule has 3 amide bonds. The number of amides is 3. The van der Waals surface area contributed by atoms with Crippen molar-refractivity contribution in [2.24, 2.45) is 0 Å². The van der Waals surface area contributed by atoms with Crippen molar-refractivity contribution in [1.82, 2.24) is 19.7 Å². The van der Waals surface area contributed by atoms with E-state index in [0.29, 0.717) is 49.0 Å². The van der Waals surface area contributed by atoms with Crippen LogP contribution in [0.3, 0.4) is 0 Å². The molecule has 0 radical (unpaired) electrons. The van der Waals surface area contributed by atoms with Crippen LogP contribution in [0.25, 0.3) is 11.3 Å². The normalized spacial score (nSPS) is 17.6. The van der Waals surface area contributed by atoms with Gasteiger partial charge in [0.1, 0.15) is 12.6 Å². The summed E-state index contributed by atoms with van der Waals surface area (Å²) < 4.78 is 5.44. The number of nitrogens with zero attached hydrogens (tertiary/aromatic N) is 4. The number of carbonyl (C=O) groups excluding carboxylic acids is 3. The Morgan fingerprint density at radius 1 is 1.00 bits per heavy atom. The molecule has 1 aromatic heterocycles. The van der Waals surface area contributed by atoms with Crippen LogP contribution in [0.2, 0.25) is 0 Å². The predicted molar refractivity (Wildman–Crippen MR) is 152 cm³/mol. The minimum Gasteiger partial charge on any atom is -0.445 e. The molecule has 3 aromatic rings. The van der Waals surface area contributed by atoms with Crippen molar-refractivity contribution in [2.75, 3.05) is 51.2 Å². The second-order valence-electron chi connectivity index (χ2n) is 9.85. The van der Waals surface area contributed by atoms with Gasteiger partial charge in [0.05, 0.1) is 12.3 Å². The van der Waals surface area contributed by atoms with E-state index >= 15 is 0 Å². The van der Waals surface area contributed by atoms with Crippen molar-refractivity contribution in [3.05, 3.63) is 71.1 Å². The van der Waals surface area contributed by atoms with Gasteiger partial charge in [-0.3, -0.25) is 19.4 Å². The molecule has 1 atom stereocenters. The number of rotatable bonds is 8. The molecule has 0 spiro atoms. The van der Waals surface area contributed by atoms with Crippen molar-refractivity contribution >= 4 is 34.4 Å². The number of aliphatic hydroxyl groups is 1. The van der Waals surface area contributed by atoms with E-state index in [-0.39, 0.29) is 25.0 Å². The van der Waals surface area contributed by atoms with Crippen LogP contribution in [0.15, 0.2) is 60.0 Å². The van der Waals surface area contributed by atoms with E-state index in [1.165, 1.54) is 16.2 Å². The summed E-state index contributed by atoms with van der Waals surface area (Å²) in [5.74, 6) is -0.292. The topological polar surface area (TPSA) is 115 Å². The Hall–Kier alpha value is -3.80. The highest BCUT2D eigenvalue weighted by Gasteiger charge is 2.35. The smallest absolute Gasteiger partial charge is 0.410 e. The Morgan fingerprint density at radius 3 is 2.48 bits per heavy atom. The fourth-order valence-corrected chi connectivity index (χ4v) is 5.72. The van der Waals surface area contributed by atoms with Gasteiger partial charge >= 0.3 is 6.09 Å². The number of anilines is 1. The monoisotopic (exact) mass is 563 g/mol. The van der Waals surface area contributed by atoms with E-state index in [2.05, 4.69) is 15.2 Å². The van der Waals surface area contributed by atoms with Crippen LogP contribution >= 0.6 is 11.3 Å². The number of likely N-dealkylation sites (tertiary alicyclic amines) is 1. The number of hydrogen-bond acceptors (Lipinski definition) is 8. The van der Waals surface area contributed by atoms with Gasteiger partial charge in [-0.2, -0.15) is 0 Å². The number of carbonyl (C=O) groups is 3. The third kappa shape index (κ3) is 6.67. The number of aliphatic hydroxyl groups excluding tert-OH is 1. The van der Waals surface area contributed by atoms with Gasteiger partial charge in [0.2, 0.25) is 5.91 Å². The van der Waals surface area contributed by atoms with Crippen molar-refractivity contribution in [3.8, 4) is 11.3 Å². The number of piperazine rings is 1. The Labute approximate surface area is 237 Å². The molecule has 0 aliphatic carbocycles. The summed E-state index contributed by atoms with van der Waals surface area (Å²) >= 11 is 1.31. The van der Waals surface area contributed by atoms with Gasteiger partial charge in [-0.25, -0.2) is 9.78 Å². The summed E-state index contributed by atoms with van der Waals surface area (Å²) in [6.45, 7) is 4.17. The Balaban J connectivity index is 1.14. The van der Waals surface area contributed by atoms with Crippen molar-refractivity contribution < 1.29 is 24.2 Å². The molecule has 2 aliphatic rings. The molecule has 2 fully saturated rings. The zero-order chi connectivity index (χ0) is 27.9. The fourth-order valence-electron chi connectivity index (χ4n) is 4.99. The highest BCUT2D eigenvalue weighted by atomic mass is 32.1. The molecule has 2 saturated heterocycles. The Bertz CT molecular complexity index is 1310. The number of aromatic nitrogens is 1. The number of benzene rings is 2. The van der Waals surface area contributed by atoms with E-state index in [1.807, 2.05) is 52.7 Å². The Kier molecular flexibility index (Phi) is 9.04. The molecule has 11 heteroatoms. The van der Waals surface area contributed by atoms with Gasteiger partial charge in [-0.1, -0.05) is 42.5 Å². The predicted octanol–water partition coefficient (Wildman–Crippen LogP) is 3.30. The summed E-state index contributed by atoms with van der Waals surface area (Å²) in [5, 5.41) is 14.3. The highest BCUT2D eigenvalue weighted by Crippen LogP contribution is 2.27. The average molecular weight is 564 g/mol. The lowest BCUT2D eigenvalue weighted by molar-refractivity contribution is -0.120. The molecule has 0 unspecified atom stereocenters. The molecule has 40 heavy (non-hydrogen) atoms. The van der Waals surface area contributed by atoms with E-state index in [1.54, 1.807) is 12.1 Å². The van der Waals surface area contributed by atoms with E-state index in [9.17, 15) is 14.4 Å². The number of nitrogens with one attached hydrogen (secondary N) is 1. The SMILES string of the molecule is O=C(Nc1nc(-c2ccc(C(=O)N3CCN(CCO)CC3)cc2)cs1)[C@H]1CCCN1C(=O)OCc1ccccc1. The third-order valence-corrected chi connectivity index (χ3v) is 7.99. The van der Waals surface area contributed by atoms with Gasteiger partial charge in [0, 0.05) is 55.8 Å². The molecule has 2 N–H and O–H groups in total. The molecule has 210 valence electrons. The maximum Gasteiger partial charge on any atom is 0.410 e. The van der Waals surface area contributed by atoms with Crippen LogP contribution in [0.1, 0.15) is 28.8 Å². The number of hydrogen-bond donors (Lipinski definition) is 2. The second-order valence-corrected chi connectivity index (χ2v) is 10.7. The van der Waals surface area contributed by atoms with Gasteiger partial charge in [-0.15, -0.1) is 11.3 Å². The van der Waals surface area contributed by atoms with Gasteiger partial charge in [0.25, 0.3) is 5.91 Å². The second kappa shape index (κ2) is 13.0. The molecule has 10 nitrogen and oxygen atoms in total. The third-order valence-electron chi connectivity index (χ3n) is 7.23. The van der Waals surface area contributed by atoms with Crippen LogP contribution in [0.5, 0.6) is 0 Å². The van der Waals surface area contributed by atoms with E-state index < -0.39 is 12.1 Å². The summed E-state index contributed by atoms with van der Waals surface area (Å²) in [6, 6.07) is 16.1. The first-order chi connectivity index (χ1) is 19.5. The van der Waals surface area contributed by atoms with Gasteiger partial charge in [0.15, 0.2) is 5.13 Å². The van der Waals surface area contributed by atoms with Crippen LogP contribution in [-0.4, -0.2) is 94.6 Å². The molecular weight excluding hydrogens is 530 g/mol. The maximum absolute atomic E-state index is 13.0. The van der Waals surface area contributed by atoms with Crippen molar-refractivity contribution in [3.63, 3.8) is 0 Å². The molecule has 2 aliphatic heterocycles. The molecule has 0 saturated carbocycles. The summed E-state index contributed by atoms with van der Waals surface area (Å²) in [7, 11) is 0. The first-order valence-electron chi connectivity index (χ1n) is 13.5. The minimum atomic E-state index is -0.605. The maximum atomic E-state index is 13.0. The summed E-state index contributed by atoms with van der Waals surface area (Å²) in [5.41, 5.74) is 3.04. The highest BCUT2D eigenvalue weighted by molar-refractivity contribution is 7.14. The number of ether oxygens (including phenoxy) is 1. The lowest BCUT2D eigenvalue weighted by Crippen LogP contribution is -2.49. The van der Waals surface area contributed by atoms with Crippen LogP contribution in [0, 0.1) is 0 Å². The van der Waals surface area contributed by atoms with Crippen molar-refractivity contribution in [2.45, 2.75) is 25.5 Å². The lowest BCUT2D eigenvalue weighted by Gasteiger charge is -2.34. The van der Waals surface area contributed by atoms with Crippen LogP contribution in [-0.2, 0) is 16.1 Å². The van der Waals surface area contributed by atoms with Gasteiger partial charge in [-0.05, 0) is 30.5 Å². The molecule has 5 rings (SSSR count). The van der Waals surface area contributed by atoms with Crippen molar-refractivity contribution in [1.29, 1.82) is 0 Å². The number of thiazole rings is 1. The largest absolute Gasteiger partial charge is 0.445 e. The van der Waals surface area contributed by atoms with Crippen LogP contribution < -0.4 is 5.32 Å². The molecular formula is C29H33N5O5S. The van der Waals surface area contributed by atoms with E-state index in [0.717, 1.165) is 30.6 Å². The number of β-amino-alcohol motifs (C(OH)–C–C–N with tert-alkyl or cyclic N) is 1. The zero-order valence-corrected chi connectivity index (χ0v) is 23.0. The van der Waals surface area contributed by atoms with Gasteiger partial charge < -0.3 is 20.1 Å². The summed E-state index contributed by atoms with van der Waals surface area (Å²) in [6.07, 6.45) is 0.796. The quantitative estimate of drug-likeness (QED) is 0.432. The average Bonchev–Trinajstić information content (AvgIpc) is 3.67. The molecule has 2 aromatic carbocycles. The molecule has 3 heterocycles. The first-order valence-corrected chi connectivity index (χ1v) is 14.4. The lowest BCUT2D eigenvalue weighted by atomic mass is 10.1. The van der Waals surface area contributed by atoms with Crippen LogP contribution in [0.4, 0.5) is 9.93 Å². The minimum absolute atomic E-state index is 0.00941.